The van der Waals surface area contributed by atoms with Crippen molar-refractivity contribution in [3.8, 4) is 0 Å². The Labute approximate surface area is 120 Å². The Morgan fingerprint density at radius 3 is 2.28 bits per heavy atom. The quantitative estimate of drug-likeness (QED) is 0.793. The number of carbonyl (C=O) groups is 2. The summed E-state index contributed by atoms with van der Waals surface area (Å²) in [7, 11) is 0. The molecule has 1 aromatic carbocycles. The molecule has 2 N–H and O–H groups in total. The van der Waals surface area contributed by atoms with Crippen LogP contribution in [0.3, 0.4) is 0 Å². The number of carboxylic acids is 1. The summed E-state index contributed by atoms with van der Waals surface area (Å²) in [5.41, 5.74) is -0.679. The predicted molar refractivity (Wildman–Crippen MR) is 77.6 cm³/mol. The van der Waals surface area contributed by atoms with Gasteiger partial charge in [0.05, 0.1) is 5.56 Å². The fourth-order valence-corrected chi connectivity index (χ4v) is 2.35. The molecule has 0 unspecified atom stereocenters. The van der Waals surface area contributed by atoms with Crippen molar-refractivity contribution in [1.82, 2.24) is 5.32 Å². The molecule has 0 fully saturated rings. The molecule has 0 heterocycles. The van der Waals surface area contributed by atoms with Gasteiger partial charge in [0, 0.05) is 3.57 Å². The van der Waals surface area contributed by atoms with E-state index in [1.54, 1.807) is 26.0 Å². The van der Waals surface area contributed by atoms with E-state index in [4.69, 9.17) is 0 Å². The van der Waals surface area contributed by atoms with Gasteiger partial charge in [-0.15, -0.1) is 0 Å². The van der Waals surface area contributed by atoms with Crippen LogP contribution in [0.1, 0.15) is 37.0 Å². The van der Waals surface area contributed by atoms with Gasteiger partial charge in [-0.3, -0.25) is 4.79 Å². The van der Waals surface area contributed by atoms with E-state index in [0.29, 0.717) is 18.4 Å². The van der Waals surface area contributed by atoms with E-state index in [1.807, 2.05) is 12.1 Å². The first-order valence-corrected chi connectivity index (χ1v) is 6.85. The zero-order valence-corrected chi connectivity index (χ0v) is 12.5. The minimum atomic E-state index is -1.18. The molecule has 4 nitrogen and oxygen atoms in total. The highest BCUT2D eigenvalue weighted by Crippen LogP contribution is 2.18. The molecule has 1 amide bonds. The molecule has 1 rings (SSSR count). The lowest BCUT2D eigenvalue weighted by molar-refractivity contribution is -0.144. The van der Waals surface area contributed by atoms with Crippen molar-refractivity contribution >= 4 is 34.5 Å². The molecule has 98 valence electrons. The average Bonchev–Trinajstić information content (AvgIpc) is 2.36. The Morgan fingerprint density at radius 1 is 1.28 bits per heavy atom. The number of aliphatic carboxylic acids is 1. The van der Waals surface area contributed by atoms with Gasteiger partial charge in [0.1, 0.15) is 5.54 Å². The maximum Gasteiger partial charge on any atom is 0.329 e. The lowest BCUT2D eigenvalue weighted by Gasteiger charge is -2.28. The van der Waals surface area contributed by atoms with Crippen molar-refractivity contribution in [2.24, 2.45) is 0 Å². The van der Waals surface area contributed by atoms with Crippen LogP contribution >= 0.6 is 22.6 Å². The van der Waals surface area contributed by atoms with Crippen LogP contribution in [0.2, 0.25) is 0 Å². The van der Waals surface area contributed by atoms with Crippen LogP contribution in [0.25, 0.3) is 0 Å². The molecule has 0 aliphatic carbocycles. The number of carboxylic acid groups (broad SMARTS) is 1. The van der Waals surface area contributed by atoms with Crippen molar-refractivity contribution in [3.05, 3.63) is 33.4 Å². The number of rotatable bonds is 5. The number of hydrogen-bond donors (Lipinski definition) is 2. The SMILES string of the molecule is CCC(CC)(NC(=O)c1ccccc1I)C(=O)O. The third-order valence-electron chi connectivity index (χ3n) is 3.09. The Balaban J connectivity index is 3.00. The Bertz CT molecular complexity index is 455. The van der Waals surface area contributed by atoms with Crippen molar-refractivity contribution < 1.29 is 14.7 Å². The topological polar surface area (TPSA) is 66.4 Å². The molecule has 0 saturated carbocycles. The second-order valence-corrected chi connectivity index (χ2v) is 5.19. The third kappa shape index (κ3) is 3.01. The van der Waals surface area contributed by atoms with E-state index in [-0.39, 0.29) is 5.91 Å². The number of amides is 1. The number of hydrogen-bond acceptors (Lipinski definition) is 2. The summed E-state index contributed by atoms with van der Waals surface area (Å²) < 4.78 is 0.805. The second kappa shape index (κ2) is 6.17. The summed E-state index contributed by atoms with van der Waals surface area (Å²) in [6.45, 7) is 3.52. The number of benzene rings is 1. The van der Waals surface area contributed by atoms with Crippen molar-refractivity contribution in [1.29, 1.82) is 0 Å². The summed E-state index contributed by atoms with van der Waals surface area (Å²) in [6, 6.07) is 7.10. The summed E-state index contributed by atoms with van der Waals surface area (Å²) in [5.74, 6) is -1.34. The van der Waals surface area contributed by atoms with Gasteiger partial charge < -0.3 is 10.4 Å². The second-order valence-electron chi connectivity index (χ2n) is 4.03. The van der Waals surface area contributed by atoms with Crippen LogP contribution in [0.5, 0.6) is 0 Å². The van der Waals surface area contributed by atoms with Crippen molar-refractivity contribution in [2.75, 3.05) is 0 Å². The van der Waals surface area contributed by atoms with Crippen molar-refractivity contribution in [3.63, 3.8) is 0 Å². The molecule has 0 atom stereocenters. The number of nitrogens with one attached hydrogen (secondary N) is 1. The van der Waals surface area contributed by atoms with E-state index in [9.17, 15) is 14.7 Å². The van der Waals surface area contributed by atoms with E-state index in [2.05, 4.69) is 27.9 Å². The lowest BCUT2D eigenvalue weighted by Crippen LogP contribution is -2.53. The zero-order chi connectivity index (χ0) is 13.8. The maximum absolute atomic E-state index is 12.1. The molecule has 18 heavy (non-hydrogen) atoms. The first-order chi connectivity index (χ1) is 8.46. The molecule has 0 radical (unpaired) electrons. The number of carbonyl (C=O) groups excluding carboxylic acids is 1. The lowest BCUT2D eigenvalue weighted by atomic mass is 9.92. The molecule has 1 aromatic rings. The predicted octanol–water partition coefficient (Wildman–Crippen LogP) is 2.66. The highest BCUT2D eigenvalue weighted by Gasteiger charge is 2.36. The van der Waals surface area contributed by atoms with Crippen LogP contribution in [0.4, 0.5) is 0 Å². The fourth-order valence-electron chi connectivity index (χ4n) is 1.71. The minimum absolute atomic E-state index is 0.342. The van der Waals surface area contributed by atoms with Gasteiger partial charge in [0.25, 0.3) is 5.91 Å². The van der Waals surface area contributed by atoms with Crippen LogP contribution in [-0.4, -0.2) is 22.5 Å². The van der Waals surface area contributed by atoms with Crippen LogP contribution in [0, 0.1) is 3.57 Å². The molecule has 0 spiro atoms. The summed E-state index contributed by atoms with van der Waals surface area (Å²) in [6.07, 6.45) is 0.710. The first-order valence-electron chi connectivity index (χ1n) is 5.77. The zero-order valence-electron chi connectivity index (χ0n) is 10.4. The van der Waals surface area contributed by atoms with Crippen LogP contribution in [-0.2, 0) is 4.79 Å². The van der Waals surface area contributed by atoms with E-state index in [1.165, 1.54) is 0 Å². The van der Waals surface area contributed by atoms with E-state index in [0.717, 1.165) is 3.57 Å². The molecule has 0 bridgehead atoms. The van der Waals surface area contributed by atoms with Gasteiger partial charge in [-0.25, -0.2) is 4.79 Å². The van der Waals surface area contributed by atoms with Crippen LogP contribution in [0.15, 0.2) is 24.3 Å². The fraction of sp³-hybridized carbons (Fsp3) is 0.385. The molecule has 5 heteroatoms. The normalized spacial score (nSPS) is 11.1. The van der Waals surface area contributed by atoms with Gasteiger partial charge in [0.15, 0.2) is 0 Å². The monoisotopic (exact) mass is 361 g/mol. The Kier molecular flexibility index (Phi) is 5.13. The Hall–Kier alpha value is -1.11. The molecular weight excluding hydrogens is 345 g/mol. The molecule has 0 aromatic heterocycles. The summed E-state index contributed by atoms with van der Waals surface area (Å²) in [4.78, 5) is 23.4. The molecule has 0 saturated heterocycles. The first kappa shape index (κ1) is 14.9. The van der Waals surface area contributed by atoms with Gasteiger partial charge in [-0.2, -0.15) is 0 Å². The highest BCUT2D eigenvalue weighted by atomic mass is 127. The third-order valence-corrected chi connectivity index (χ3v) is 4.03. The highest BCUT2D eigenvalue weighted by molar-refractivity contribution is 14.1. The van der Waals surface area contributed by atoms with Gasteiger partial charge in [-0.05, 0) is 47.6 Å². The molecular formula is C13H16INO3. The Morgan fingerprint density at radius 2 is 1.83 bits per heavy atom. The molecule has 0 aliphatic rings. The average molecular weight is 361 g/mol. The number of halogens is 1. The minimum Gasteiger partial charge on any atom is -0.480 e. The van der Waals surface area contributed by atoms with Gasteiger partial charge >= 0.3 is 5.97 Å². The summed E-state index contributed by atoms with van der Waals surface area (Å²) >= 11 is 2.06. The van der Waals surface area contributed by atoms with Crippen molar-refractivity contribution in [2.45, 2.75) is 32.2 Å². The largest absolute Gasteiger partial charge is 0.480 e. The van der Waals surface area contributed by atoms with Gasteiger partial charge in [0.2, 0.25) is 0 Å². The maximum atomic E-state index is 12.1. The van der Waals surface area contributed by atoms with Crippen LogP contribution < -0.4 is 5.32 Å². The summed E-state index contributed by atoms with van der Waals surface area (Å²) in [5, 5.41) is 11.9. The molecule has 0 aliphatic heterocycles. The van der Waals surface area contributed by atoms with Gasteiger partial charge in [-0.1, -0.05) is 26.0 Å². The smallest absolute Gasteiger partial charge is 0.329 e. The van der Waals surface area contributed by atoms with E-state index < -0.39 is 11.5 Å². The standard InChI is InChI=1S/C13H16INO3/c1-3-13(4-2,12(17)18)15-11(16)9-7-5-6-8-10(9)14/h5-8H,3-4H2,1-2H3,(H,15,16)(H,17,18). The van der Waals surface area contributed by atoms with E-state index >= 15 is 0 Å².